The van der Waals surface area contributed by atoms with E-state index in [1.54, 1.807) is 12.1 Å². The number of rotatable bonds is 8. The molecular formula is C18H23ClN4O2S. The number of hydrogen-bond acceptors (Lipinski definition) is 5. The van der Waals surface area contributed by atoms with Crippen molar-refractivity contribution in [1.82, 2.24) is 14.8 Å². The molecule has 1 aromatic carbocycles. The molecule has 1 atom stereocenters. The second-order valence-electron chi connectivity index (χ2n) is 6.21. The number of ether oxygens (including phenoxy) is 1. The van der Waals surface area contributed by atoms with Crippen LogP contribution in [0.1, 0.15) is 32.0 Å². The summed E-state index contributed by atoms with van der Waals surface area (Å²) in [6, 6.07) is 7.20. The summed E-state index contributed by atoms with van der Waals surface area (Å²) in [5.74, 6) is 1.09. The van der Waals surface area contributed by atoms with E-state index in [0.717, 1.165) is 49.8 Å². The Kier molecular flexibility index (Phi) is 6.93. The second-order valence-corrected chi connectivity index (χ2v) is 7.56. The Morgan fingerprint density at radius 2 is 2.27 bits per heavy atom. The summed E-state index contributed by atoms with van der Waals surface area (Å²) in [6.45, 7) is 3.68. The molecule has 1 amide bonds. The Balaban J connectivity index is 1.63. The minimum atomic E-state index is -0.119. The van der Waals surface area contributed by atoms with E-state index >= 15 is 0 Å². The summed E-state index contributed by atoms with van der Waals surface area (Å²) in [6.07, 6.45) is 4.23. The summed E-state index contributed by atoms with van der Waals surface area (Å²) >= 11 is 7.47. The molecule has 0 saturated carbocycles. The van der Waals surface area contributed by atoms with Crippen molar-refractivity contribution in [2.24, 2.45) is 0 Å². The fourth-order valence-electron chi connectivity index (χ4n) is 2.89. The second kappa shape index (κ2) is 9.39. The molecule has 2 heterocycles. The van der Waals surface area contributed by atoms with Crippen molar-refractivity contribution >= 4 is 35.0 Å². The summed E-state index contributed by atoms with van der Waals surface area (Å²) < 4.78 is 7.86. The predicted molar refractivity (Wildman–Crippen MR) is 104 cm³/mol. The lowest BCUT2D eigenvalue weighted by molar-refractivity contribution is -0.113. The molecule has 0 unspecified atom stereocenters. The van der Waals surface area contributed by atoms with Gasteiger partial charge in [0.15, 0.2) is 5.16 Å². The monoisotopic (exact) mass is 394 g/mol. The maximum absolute atomic E-state index is 12.3. The molecule has 0 spiro atoms. The lowest BCUT2D eigenvalue weighted by atomic mass is 10.2. The molecule has 2 aromatic rings. The molecule has 3 rings (SSSR count). The summed E-state index contributed by atoms with van der Waals surface area (Å²) in [4.78, 5) is 12.3. The van der Waals surface area contributed by atoms with Gasteiger partial charge in [-0.3, -0.25) is 4.79 Å². The molecule has 1 aliphatic rings. The molecule has 0 aliphatic carbocycles. The molecule has 1 N–H and O–H groups in total. The van der Waals surface area contributed by atoms with Gasteiger partial charge in [-0.25, -0.2) is 0 Å². The highest BCUT2D eigenvalue weighted by atomic mass is 35.5. The van der Waals surface area contributed by atoms with Crippen molar-refractivity contribution in [3.63, 3.8) is 0 Å². The standard InChI is InChI=1S/C18H23ClN4O2S/c1-2-6-16-21-22-18(23(16)11-13-7-5-10-25-13)26-12-17(24)20-15-9-4-3-8-14(15)19/h3-4,8-9,13H,2,5-7,10-12H2,1H3,(H,20,24)/t13-/m0/s1. The van der Waals surface area contributed by atoms with E-state index in [9.17, 15) is 4.79 Å². The first-order valence-electron chi connectivity index (χ1n) is 8.88. The van der Waals surface area contributed by atoms with Gasteiger partial charge in [-0.1, -0.05) is 42.4 Å². The number of thioether (sulfide) groups is 1. The zero-order chi connectivity index (χ0) is 18.4. The highest BCUT2D eigenvalue weighted by Gasteiger charge is 2.21. The number of halogens is 1. The van der Waals surface area contributed by atoms with Gasteiger partial charge < -0.3 is 14.6 Å². The van der Waals surface area contributed by atoms with Gasteiger partial charge in [0.25, 0.3) is 0 Å². The number of anilines is 1. The van der Waals surface area contributed by atoms with E-state index in [0.29, 0.717) is 10.7 Å². The van der Waals surface area contributed by atoms with E-state index in [1.165, 1.54) is 11.8 Å². The number of amides is 1. The molecule has 1 saturated heterocycles. The number of para-hydroxylation sites is 1. The van der Waals surface area contributed by atoms with Crippen LogP contribution in [-0.2, 0) is 22.5 Å². The highest BCUT2D eigenvalue weighted by Crippen LogP contribution is 2.24. The summed E-state index contributed by atoms with van der Waals surface area (Å²) in [5.41, 5.74) is 0.618. The number of carbonyl (C=O) groups is 1. The lowest BCUT2D eigenvalue weighted by Gasteiger charge is -2.14. The third-order valence-corrected chi connectivity index (χ3v) is 5.45. The number of hydrogen-bond donors (Lipinski definition) is 1. The maximum atomic E-state index is 12.3. The summed E-state index contributed by atoms with van der Waals surface area (Å²) in [7, 11) is 0. The van der Waals surface area contributed by atoms with Crippen LogP contribution in [0.15, 0.2) is 29.4 Å². The van der Waals surface area contributed by atoms with Crippen LogP contribution in [0.2, 0.25) is 5.02 Å². The predicted octanol–water partition coefficient (Wildman–Crippen LogP) is 3.79. The Morgan fingerprint density at radius 3 is 3.00 bits per heavy atom. The zero-order valence-corrected chi connectivity index (χ0v) is 16.4. The van der Waals surface area contributed by atoms with E-state index < -0.39 is 0 Å². The van der Waals surface area contributed by atoms with Crippen LogP contribution in [0.5, 0.6) is 0 Å². The van der Waals surface area contributed by atoms with Crippen molar-refractivity contribution < 1.29 is 9.53 Å². The molecule has 0 bridgehead atoms. The first-order valence-corrected chi connectivity index (χ1v) is 10.2. The van der Waals surface area contributed by atoms with E-state index in [2.05, 4.69) is 27.0 Å². The van der Waals surface area contributed by atoms with Crippen LogP contribution in [0.4, 0.5) is 5.69 Å². The molecule has 1 fully saturated rings. The molecule has 1 aromatic heterocycles. The molecule has 26 heavy (non-hydrogen) atoms. The van der Waals surface area contributed by atoms with Crippen molar-refractivity contribution in [3.05, 3.63) is 35.1 Å². The lowest BCUT2D eigenvalue weighted by Crippen LogP contribution is -2.19. The van der Waals surface area contributed by atoms with Gasteiger partial charge in [-0.2, -0.15) is 0 Å². The van der Waals surface area contributed by atoms with Crippen LogP contribution in [0.3, 0.4) is 0 Å². The number of nitrogens with one attached hydrogen (secondary N) is 1. The fourth-order valence-corrected chi connectivity index (χ4v) is 3.84. The van der Waals surface area contributed by atoms with Gasteiger partial charge in [0, 0.05) is 13.0 Å². The maximum Gasteiger partial charge on any atom is 0.234 e. The van der Waals surface area contributed by atoms with Crippen LogP contribution in [0.25, 0.3) is 0 Å². The van der Waals surface area contributed by atoms with Gasteiger partial charge in [0.1, 0.15) is 5.82 Å². The van der Waals surface area contributed by atoms with Crippen molar-refractivity contribution in [2.75, 3.05) is 17.7 Å². The highest BCUT2D eigenvalue weighted by molar-refractivity contribution is 7.99. The van der Waals surface area contributed by atoms with Crippen molar-refractivity contribution in [2.45, 2.75) is 50.4 Å². The smallest absolute Gasteiger partial charge is 0.234 e. The zero-order valence-electron chi connectivity index (χ0n) is 14.8. The number of aromatic nitrogens is 3. The number of aryl methyl sites for hydroxylation is 1. The van der Waals surface area contributed by atoms with Crippen molar-refractivity contribution in [1.29, 1.82) is 0 Å². The molecule has 8 heteroatoms. The molecule has 6 nitrogen and oxygen atoms in total. The van der Waals surface area contributed by atoms with Gasteiger partial charge in [0.2, 0.25) is 5.91 Å². The third kappa shape index (κ3) is 4.99. The van der Waals surface area contributed by atoms with Crippen LogP contribution < -0.4 is 5.32 Å². The number of nitrogens with zero attached hydrogens (tertiary/aromatic N) is 3. The summed E-state index contributed by atoms with van der Waals surface area (Å²) in [5, 5.41) is 12.7. The molecule has 1 aliphatic heterocycles. The Hall–Kier alpha value is -1.57. The van der Waals surface area contributed by atoms with E-state index in [1.807, 2.05) is 12.1 Å². The SMILES string of the molecule is CCCc1nnc(SCC(=O)Nc2ccccc2Cl)n1C[C@@H]1CCCO1. The largest absolute Gasteiger partial charge is 0.376 e. The minimum absolute atomic E-state index is 0.119. The Labute approximate surface area is 162 Å². The van der Waals surface area contributed by atoms with Crippen LogP contribution in [0, 0.1) is 0 Å². The number of benzene rings is 1. The van der Waals surface area contributed by atoms with E-state index in [-0.39, 0.29) is 17.8 Å². The van der Waals surface area contributed by atoms with E-state index in [4.69, 9.17) is 16.3 Å². The minimum Gasteiger partial charge on any atom is -0.376 e. The van der Waals surface area contributed by atoms with Crippen LogP contribution >= 0.6 is 23.4 Å². The van der Waals surface area contributed by atoms with Crippen LogP contribution in [-0.4, -0.2) is 39.1 Å². The first-order chi connectivity index (χ1) is 12.7. The third-order valence-electron chi connectivity index (χ3n) is 4.16. The Bertz CT molecular complexity index is 747. The average molecular weight is 395 g/mol. The van der Waals surface area contributed by atoms with Gasteiger partial charge in [-0.15, -0.1) is 10.2 Å². The fraction of sp³-hybridized carbons (Fsp3) is 0.500. The normalized spacial score (nSPS) is 16.8. The molecular weight excluding hydrogens is 372 g/mol. The molecule has 140 valence electrons. The Morgan fingerprint density at radius 1 is 1.42 bits per heavy atom. The average Bonchev–Trinajstić information content (AvgIpc) is 3.27. The van der Waals surface area contributed by atoms with Gasteiger partial charge in [0.05, 0.1) is 29.1 Å². The van der Waals surface area contributed by atoms with Gasteiger partial charge in [-0.05, 0) is 31.4 Å². The van der Waals surface area contributed by atoms with Gasteiger partial charge >= 0.3 is 0 Å². The quantitative estimate of drug-likeness (QED) is 0.690. The molecule has 0 radical (unpaired) electrons. The number of carbonyl (C=O) groups excluding carboxylic acids is 1. The van der Waals surface area contributed by atoms with Crippen molar-refractivity contribution in [3.8, 4) is 0 Å². The first kappa shape index (κ1) is 19.2. The topological polar surface area (TPSA) is 69.0 Å².